The molecule has 4 nitrogen and oxygen atoms in total. The number of amides is 1. The van der Waals surface area contributed by atoms with Crippen LogP contribution in [0.4, 0.5) is 27.6 Å². The van der Waals surface area contributed by atoms with Gasteiger partial charge in [0.1, 0.15) is 11.7 Å². The lowest BCUT2D eigenvalue weighted by Crippen LogP contribution is -2.15. The molecular formula is C21H14F5N3O. The molecule has 0 atom stereocenters. The summed E-state index contributed by atoms with van der Waals surface area (Å²) in [5.41, 5.74) is 0.0635. The molecule has 0 bridgehead atoms. The van der Waals surface area contributed by atoms with Crippen LogP contribution in [0, 0.1) is 0 Å². The van der Waals surface area contributed by atoms with Crippen molar-refractivity contribution in [2.75, 3.05) is 5.32 Å². The third-order valence-corrected chi connectivity index (χ3v) is 4.04. The fourth-order valence-corrected chi connectivity index (χ4v) is 2.79. The Hall–Kier alpha value is -3.75. The molecule has 0 unspecified atom stereocenters. The van der Waals surface area contributed by atoms with Crippen LogP contribution in [-0.4, -0.2) is 15.5 Å². The molecular weight excluding hydrogens is 405 g/mol. The maximum Gasteiger partial charge on any atom is 0.450 e. The fourth-order valence-electron chi connectivity index (χ4n) is 2.79. The van der Waals surface area contributed by atoms with E-state index < -0.39 is 35.1 Å². The molecule has 0 saturated carbocycles. The molecule has 0 fully saturated rings. The highest BCUT2D eigenvalue weighted by Crippen LogP contribution is 2.34. The zero-order valence-corrected chi connectivity index (χ0v) is 15.3. The number of para-hydroxylation sites is 2. The summed E-state index contributed by atoms with van der Waals surface area (Å²) in [4.78, 5) is 15.8. The summed E-state index contributed by atoms with van der Waals surface area (Å²) in [6.07, 6.45) is -4.11. The van der Waals surface area contributed by atoms with E-state index in [-0.39, 0.29) is 22.4 Å². The first kappa shape index (κ1) is 21.0. The number of nitrogens with zero attached hydrogens (tertiary/aromatic N) is 2. The van der Waals surface area contributed by atoms with Gasteiger partial charge >= 0.3 is 6.18 Å². The van der Waals surface area contributed by atoms with Crippen LogP contribution in [0.15, 0.2) is 85.0 Å². The van der Waals surface area contributed by atoms with E-state index in [0.29, 0.717) is 6.08 Å². The fraction of sp³-hybridized carbons (Fsp3) is 0.0476. The maximum absolute atomic E-state index is 13.5. The van der Waals surface area contributed by atoms with Crippen LogP contribution in [0.2, 0.25) is 0 Å². The van der Waals surface area contributed by atoms with Gasteiger partial charge in [-0.2, -0.15) is 13.2 Å². The Kier molecular flexibility index (Phi) is 5.55. The molecule has 0 aliphatic carbocycles. The number of alkyl halides is 3. The minimum absolute atomic E-state index is 0.150. The van der Waals surface area contributed by atoms with Gasteiger partial charge in [-0.1, -0.05) is 25.3 Å². The second-order valence-corrected chi connectivity index (χ2v) is 6.17. The number of aromatic nitrogens is 2. The van der Waals surface area contributed by atoms with Crippen molar-refractivity contribution in [3.05, 3.63) is 90.8 Å². The molecule has 0 aliphatic heterocycles. The van der Waals surface area contributed by atoms with Crippen molar-refractivity contribution in [2.24, 2.45) is 0 Å². The number of anilines is 1. The average Bonchev–Trinajstić information content (AvgIpc) is 3.06. The molecule has 3 aromatic rings. The lowest BCUT2D eigenvalue weighted by molar-refractivity contribution is -0.145. The smallest absolute Gasteiger partial charge is 0.322 e. The summed E-state index contributed by atoms with van der Waals surface area (Å²) in [5.74, 6) is -4.29. The normalized spacial score (nSPS) is 12.1. The number of allylic oxidation sites excluding steroid dienone is 2. The predicted molar refractivity (Wildman–Crippen MR) is 103 cm³/mol. The van der Waals surface area contributed by atoms with Crippen LogP contribution in [0.3, 0.4) is 0 Å². The van der Waals surface area contributed by atoms with Crippen LogP contribution in [0.1, 0.15) is 5.82 Å². The van der Waals surface area contributed by atoms with Gasteiger partial charge in [-0.25, -0.2) is 13.8 Å². The van der Waals surface area contributed by atoms with Crippen LogP contribution in [0.5, 0.6) is 0 Å². The second kappa shape index (κ2) is 7.94. The van der Waals surface area contributed by atoms with Crippen LogP contribution < -0.4 is 5.32 Å². The number of rotatable bonds is 5. The highest BCUT2D eigenvalue weighted by Gasteiger charge is 2.38. The van der Waals surface area contributed by atoms with E-state index in [1.807, 2.05) is 0 Å². The Balaban J connectivity index is 1.96. The number of nitrogens with one attached hydrogen (secondary N) is 1. The lowest BCUT2D eigenvalue weighted by Gasteiger charge is -2.13. The van der Waals surface area contributed by atoms with E-state index in [0.717, 1.165) is 4.57 Å². The van der Waals surface area contributed by atoms with Gasteiger partial charge in [0.25, 0.3) is 5.91 Å². The quantitative estimate of drug-likeness (QED) is 0.319. The molecule has 9 heteroatoms. The van der Waals surface area contributed by atoms with Crippen molar-refractivity contribution < 1.29 is 26.7 Å². The van der Waals surface area contributed by atoms with E-state index in [4.69, 9.17) is 0 Å². The van der Waals surface area contributed by atoms with Crippen molar-refractivity contribution in [2.45, 2.75) is 6.18 Å². The predicted octanol–water partition coefficient (Wildman–Crippen LogP) is 5.88. The van der Waals surface area contributed by atoms with Crippen molar-refractivity contribution in [1.82, 2.24) is 9.55 Å². The van der Waals surface area contributed by atoms with Gasteiger partial charge in [-0.3, -0.25) is 9.36 Å². The number of hydrogen-bond acceptors (Lipinski definition) is 2. The molecule has 1 N–H and O–H groups in total. The highest BCUT2D eigenvalue weighted by atomic mass is 19.4. The van der Waals surface area contributed by atoms with Gasteiger partial charge in [0.15, 0.2) is 0 Å². The maximum atomic E-state index is 13.5. The van der Waals surface area contributed by atoms with Crippen molar-refractivity contribution in [1.29, 1.82) is 0 Å². The topological polar surface area (TPSA) is 46.9 Å². The standard InChI is InChI=1S/C21H14F5N3O/c1-12(22)11-16(13(2)23)19(30)27-14-7-9-15(10-8-14)29-18-6-4-3-5-17(18)28-20(29)21(24,25)26/h3-11H,1-2H2,(H,27,30)/b16-11+. The van der Waals surface area contributed by atoms with E-state index in [9.17, 15) is 26.7 Å². The number of halogens is 5. The molecule has 154 valence electrons. The van der Waals surface area contributed by atoms with E-state index >= 15 is 0 Å². The summed E-state index contributed by atoms with van der Waals surface area (Å²) >= 11 is 0. The van der Waals surface area contributed by atoms with E-state index in [1.165, 1.54) is 36.4 Å². The Morgan fingerprint density at radius 3 is 2.23 bits per heavy atom. The number of hydrogen-bond donors (Lipinski definition) is 1. The second-order valence-electron chi connectivity index (χ2n) is 6.17. The Labute approximate surface area is 167 Å². The first-order valence-electron chi connectivity index (χ1n) is 8.45. The third kappa shape index (κ3) is 4.29. The van der Waals surface area contributed by atoms with E-state index in [1.54, 1.807) is 12.1 Å². The van der Waals surface area contributed by atoms with Gasteiger partial charge in [0.05, 0.1) is 16.6 Å². The van der Waals surface area contributed by atoms with Crippen molar-refractivity contribution in [3.63, 3.8) is 0 Å². The summed E-state index contributed by atoms with van der Waals surface area (Å²) in [6.45, 7) is 5.89. The summed E-state index contributed by atoms with van der Waals surface area (Å²) in [5, 5.41) is 2.32. The third-order valence-electron chi connectivity index (χ3n) is 4.04. The first-order valence-corrected chi connectivity index (χ1v) is 8.45. The average molecular weight is 419 g/mol. The number of fused-ring (bicyclic) bond motifs is 1. The zero-order chi connectivity index (χ0) is 22.1. The summed E-state index contributed by atoms with van der Waals surface area (Å²) in [7, 11) is 0. The molecule has 0 aliphatic rings. The SMILES string of the molecule is C=C(F)/C=C(\C(=C)F)C(=O)Nc1ccc(-n2c(C(F)(F)F)nc3ccccc32)cc1. The molecule has 0 saturated heterocycles. The van der Waals surface area contributed by atoms with Gasteiger partial charge in [0.2, 0.25) is 5.82 Å². The van der Waals surface area contributed by atoms with Gasteiger partial charge in [-0.05, 0) is 42.5 Å². The number of carbonyl (C=O) groups excluding carboxylic acids is 1. The van der Waals surface area contributed by atoms with Gasteiger partial charge in [-0.15, -0.1) is 0 Å². The molecule has 1 amide bonds. The van der Waals surface area contributed by atoms with Gasteiger partial charge in [0, 0.05) is 11.4 Å². The summed E-state index contributed by atoms with van der Waals surface area (Å²) < 4.78 is 67.6. The first-order chi connectivity index (χ1) is 14.1. The van der Waals surface area contributed by atoms with Crippen LogP contribution in [0.25, 0.3) is 16.7 Å². The number of carbonyl (C=O) groups is 1. The molecule has 3 rings (SSSR count). The van der Waals surface area contributed by atoms with Crippen molar-refractivity contribution in [3.8, 4) is 5.69 Å². The van der Waals surface area contributed by atoms with Crippen molar-refractivity contribution >= 4 is 22.6 Å². The molecule has 30 heavy (non-hydrogen) atoms. The Morgan fingerprint density at radius 1 is 1.03 bits per heavy atom. The molecule has 1 heterocycles. The number of benzene rings is 2. The Morgan fingerprint density at radius 2 is 1.67 bits per heavy atom. The largest absolute Gasteiger partial charge is 0.450 e. The molecule has 0 spiro atoms. The molecule has 1 aromatic heterocycles. The van der Waals surface area contributed by atoms with Crippen LogP contribution >= 0.6 is 0 Å². The summed E-state index contributed by atoms with van der Waals surface area (Å²) in [6, 6.07) is 11.4. The minimum Gasteiger partial charge on any atom is -0.322 e. The highest BCUT2D eigenvalue weighted by molar-refractivity contribution is 6.06. The van der Waals surface area contributed by atoms with E-state index in [2.05, 4.69) is 23.5 Å². The lowest BCUT2D eigenvalue weighted by atomic mass is 10.2. The Bertz CT molecular complexity index is 1170. The molecule has 2 aromatic carbocycles. The monoisotopic (exact) mass is 419 g/mol. The van der Waals surface area contributed by atoms with Gasteiger partial charge < -0.3 is 5.32 Å². The number of imidazole rings is 1. The minimum atomic E-state index is -4.69. The van der Waals surface area contributed by atoms with Crippen LogP contribution in [-0.2, 0) is 11.0 Å². The zero-order valence-electron chi connectivity index (χ0n) is 15.3. The molecule has 0 radical (unpaired) electrons.